The van der Waals surface area contributed by atoms with E-state index in [4.69, 9.17) is 0 Å². The van der Waals surface area contributed by atoms with E-state index in [-0.39, 0.29) is 5.92 Å². The second-order valence-electron chi connectivity index (χ2n) is 2.85. The number of allylic oxidation sites excluding steroid dienone is 1. The van der Waals surface area contributed by atoms with Crippen LogP contribution >= 0.6 is 0 Å². The first-order valence-corrected chi connectivity index (χ1v) is 4.12. The monoisotopic (exact) mass is 158 g/mol. The first-order valence-electron chi connectivity index (χ1n) is 4.12. The van der Waals surface area contributed by atoms with E-state index in [0.717, 1.165) is 0 Å². The Labute approximate surface area is 68.6 Å². The van der Waals surface area contributed by atoms with Gasteiger partial charge in [0.2, 0.25) is 0 Å². The number of aliphatic hydroxyl groups is 2. The summed E-state index contributed by atoms with van der Waals surface area (Å²) >= 11 is 0. The normalized spacial score (nSPS) is 20.1. The minimum atomic E-state index is -0.519. The van der Waals surface area contributed by atoms with Crippen molar-refractivity contribution in [2.75, 3.05) is 0 Å². The van der Waals surface area contributed by atoms with Crippen LogP contribution in [0.15, 0.2) is 12.2 Å². The van der Waals surface area contributed by atoms with Gasteiger partial charge in [0.1, 0.15) is 0 Å². The van der Waals surface area contributed by atoms with E-state index in [0.29, 0.717) is 6.42 Å². The van der Waals surface area contributed by atoms with Gasteiger partial charge in [0.15, 0.2) is 0 Å². The van der Waals surface area contributed by atoms with Gasteiger partial charge in [-0.05, 0) is 13.3 Å². The van der Waals surface area contributed by atoms with Crippen molar-refractivity contribution >= 4 is 0 Å². The molecule has 0 aromatic heterocycles. The third-order valence-corrected chi connectivity index (χ3v) is 1.95. The van der Waals surface area contributed by atoms with Crippen molar-refractivity contribution in [1.82, 2.24) is 0 Å². The van der Waals surface area contributed by atoms with Gasteiger partial charge < -0.3 is 10.2 Å². The Bertz CT molecular complexity index is 121. The molecule has 0 saturated carbocycles. The lowest BCUT2D eigenvalue weighted by molar-refractivity contribution is 0.0429. The highest BCUT2D eigenvalue weighted by atomic mass is 16.3. The zero-order valence-electron chi connectivity index (χ0n) is 7.49. The molecule has 2 nitrogen and oxygen atoms in total. The number of rotatable bonds is 4. The van der Waals surface area contributed by atoms with Gasteiger partial charge in [0.05, 0.1) is 12.2 Å². The summed E-state index contributed by atoms with van der Waals surface area (Å²) in [6, 6.07) is 0. The Morgan fingerprint density at radius 1 is 1.36 bits per heavy atom. The zero-order valence-corrected chi connectivity index (χ0v) is 7.49. The van der Waals surface area contributed by atoms with Crippen LogP contribution in [0.4, 0.5) is 0 Å². The van der Waals surface area contributed by atoms with Gasteiger partial charge in [0.25, 0.3) is 0 Å². The maximum Gasteiger partial charge on any atom is 0.0770 e. The fourth-order valence-electron chi connectivity index (χ4n) is 0.972. The molecular weight excluding hydrogens is 140 g/mol. The predicted molar refractivity (Wildman–Crippen MR) is 46.3 cm³/mol. The summed E-state index contributed by atoms with van der Waals surface area (Å²) in [5.74, 6) is -0.0730. The summed E-state index contributed by atoms with van der Waals surface area (Å²) in [6.45, 7) is 5.61. The van der Waals surface area contributed by atoms with Crippen LogP contribution in [-0.4, -0.2) is 22.4 Å². The van der Waals surface area contributed by atoms with Crippen LogP contribution in [0, 0.1) is 5.92 Å². The van der Waals surface area contributed by atoms with Gasteiger partial charge in [-0.3, -0.25) is 0 Å². The quantitative estimate of drug-likeness (QED) is 0.606. The minimum Gasteiger partial charge on any atom is -0.393 e. The molecule has 0 aliphatic carbocycles. The second kappa shape index (κ2) is 5.33. The fraction of sp³-hybridized carbons (Fsp3) is 0.778. The molecule has 0 heterocycles. The van der Waals surface area contributed by atoms with Crippen molar-refractivity contribution in [3.63, 3.8) is 0 Å². The minimum absolute atomic E-state index is 0.0730. The SMILES string of the molecule is C/C=C/C(O)C(C)C(O)CC. The second-order valence-corrected chi connectivity index (χ2v) is 2.85. The molecule has 3 unspecified atom stereocenters. The Morgan fingerprint density at radius 2 is 1.91 bits per heavy atom. The molecule has 0 bridgehead atoms. The summed E-state index contributed by atoms with van der Waals surface area (Å²) in [6.07, 6.45) is 3.26. The summed E-state index contributed by atoms with van der Waals surface area (Å²) in [5, 5.41) is 18.7. The third-order valence-electron chi connectivity index (χ3n) is 1.95. The van der Waals surface area contributed by atoms with Gasteiger partial charge in [0, 0.05) is 5.92 Å². The molecule has 0 aromatic rings. The molecule has 2 N–H and O–H groups in total. The molecule has 2 heteroatoms. The van der Waals surface area contributed by atoms with E-state index in [9.17, 15) is 10.2 Å². The summed E-state index contributed by atoms with van der Waals surface area (Å²) in [7, 11) is 0. The summed E-state index contributed by atoms with van der Waals surface area (Å²) < 4.78 is 0. The standard InChI is InChI=1S/C9H18O2/c1-4-6-9(11)7(3)8(10)5-2/h4,6-11H,5H2,1-3H3/b6-4+. The van der Waals surface area contributed by atoms with Crippen LogP contribution in [0.5, 0.6) is 0 Å². The van der Waals surface area contributed by atoms with E-state index >= 15 is 0 Å². The highest BCUT2D eigenvalue weighted by molar-refractivity contribution is 4.90. The Hall–Kier alpha value is -0.340. The largest absolute Gasteiger partial charge is 0.393 e. The van der Waals surface area contributed by atoms with E-state index in [1.165, 1.54) is 0 Å². The molecule has 0 radical (unpaired) electrons. The van der Waals surface area contributed by atoms with Crippen molar-refractivity contribution in [1.29, 1.82) is 0 Å². The molecule has 11 heavy (non-hydrogen) atoms. The topological polar surface area (TPSA) is 40.5 Å². The van der Waals surface area contributed by atoms with Crippen LogP contribution in [0.3, 0.4) is 0 Å². The van der Waals surface area contributed by atoms with Crippen LogP contribution in [-0.2, 0) is 0 Å². The zero-order chi connectivity index (χ0) is 8.85. The van der Waals surface area contributed by atoms with Crippen molar-refractivity contribution in [3.8, 4) is 0 Å². The van der Waals surface area contributed by atoms with E-state index < -0.39 is 12.2 Å². The Morgan fingerprint density at radius 3 is 2.27 bits per heavy atom. The molecule has 0 rings (SSSR count). The van der Waals surface area contributed by atoms with Gasteiger partial charge >= 0.3 is 0 Å². The molecule has 0 saturated heterocycles. The summed E-state index contributed by atoms with van der Waals surface area (Å²) in [5.41, 5.74) is 0. The first-order chi connectivity index (χ1) is 5.13. The molecule has 0 spiro atoms. The molecule has 0 aliphatic rings. The highest BCUT2D eigenvalue weighted by Crippen LogP contribution is 2.12. The average Bonchev–Trinajstić information content (AvgIpc) is 2.02. The maximum atomic E-state index is 9.37. The van der Waals surface area contributed by atoms with Gasteiger partial charge in [-0.15, -0.1) is 0 Å². The molecule has 0 fully saturated rings. The molecule has 0 aliphatic heterocycles. The average molecular weight is 158 g/mol. The van der Waals surface area contributed by atoms with Gasteiger partial charge in [-0.2, -0.15) is 0 Å². The lowest BCUT2D eigenvalue weighted by Gasteiger charge is -2.20. The van der Waals surface area contributed by atoms with Crippen LogP contribution in [0.1, 0.15) is 27.2 Å². The number of hydrogen-bond acceptors (Lipinski definition) is 2. The van der Waals surface area contributed by atoms with Gasteiger partial charge in [-0.25, -0.2) is 0 Å². The molecule has 66 valence electrons. The van der Waals surface area contributed by atoms with Crippen molar-refractivity contribution in [2.24, 2.45) is 5.92 Å². The fourth-order valence-corrected chi connectivity index (χ4v) is 0.972. The molecule has 0 amide bonds. The predicted octanol–water partition coefficient (Wildman–Crippen LogP) is 1.33. The van der Waals surface area contributed by atoms with E-state index in [2.05, 4.69) is 0 Å². The summed E-state index contributed by atoms with van der Waals surface area (Å²) in [4.78, 5) is 0. The van der Waals surface area contributed by atoms with E-state index in [1.807, 2.05) is 20.8 Å². The van der Waals surface area contributed by atoms with Gasteiger partial charge in [-0.1, -0.05) is 26.0 Å². The molecule has 3 atom stereocenters. The molecule has 0 aromatic carbocycles. The molecular formula is C9H18O2. The van der Waals surface area contributed by atoms with Crippen molar-refractivity contribution < 1.29 is 10.2 Å². The number of hydrogen-bond donors (Lipinski definition) is 2. The van der Waals surface area contributed by atoms with Crippen LogP contribution in [0.2, 0.25) is 0 Å². The van der Waals surface area contributed by atoms with Crippen LogP contribution in [0.25, 0.3) is 0 Å². The first kappa shape index (κ1) is 10.7. The van der Waals surface area contributed by atoms with Crippen molar-refractivity contribution in [2.45, 2.75) is 39.4 Å². The lowest BCUT2D eigenvalue weighted by atomic mass is 9.96. The lowest BCUT2D eigenvalue weighted by Crippen LogP contribution is -2.27. The van der Waals surface area contributed by atoms with Crippen LogP contribution < -0.4 is 0 Å². The smallest absolute Gasteiger partial charge is 0.0770 e. The number of aliphatic hydroxyl groups excluding tert-OH is 2. The highest BCUT2D eigenvalue weighted by Gasteiger charge is 2.17. The maximum absolute atomic E-state index is 9.37. The Balaban J connectivity index is 3.90. The van der Waals surface area contributed by atoms with E-state index in [1.54, 1.807) is 12.2 Å². The van der Waals surface area contributed by atoms with Crippen molar-refractivity contribution in [3.05, 3.63) is 12.2 Å². The Kier molecular flexibility index (Phi) is 5.16. The third kappa shape index (κ3) is 3.54.